The van der Waals surface area contributed by atoms with Gasteiger partial charge in [-0.3, -0.25) is 23.8 Å². The number of thioether (sulfide) groups is 1. The third-order valence-electron chi connectivity index (χ3n) is 6.58. The van der Waals surface area contributed by atoms with Gasteiger partial charge in [-0.15, -0.1) is 0 Å². The van der Waals surface area contributed by atoms with Crippen LogP contribution in [-0.4, -0.2) is 68.8 Å². The summed E-state index contributed by atoms with van der Waals surface area (Å²) in [7, 11) is 0. The number of thiocarbonyl (C=S) groups is 1. The van der Waals surface area contributed by atoms with Crippen LogP contribution in [0, 0.1) is 0 Å². The van der Waals surface area contributed by atoms with Crippen molar-refractivity contribution in [2.24, 2.45) is 0 Å². The minimum Gasteiger partial charge on any atom is -0.379 e. The van der Waals surface area contributed by atoms with E-state index in [1.54, 1.807) is 29.3 Å². The van der Waals surface area contributed by atoms with E-state index in [1.807, 2.05) is 43.3 Å². The van der Waals surface area contributed by atoms with Crippen LogP contribution in [0.4, 0.5) is 5.82 Å². The van der Waals surface area contributed by atoms with Crippen LogP contribution in [-0.2, 0) is 9.53 Å². The lowest BCUT2D eigenvalue weighted by molar-refractivity contribution is -0.123. The number of nitrogens with zero attached hydrogens (tertiary/aromatic N) is 4. The molecule has 1 atom stereocenters. The molecule has 0 bridgehead atoms. The molecule has 8 nitrogen and oxygen atoms in total. The highest BCUT2D eigenvalue weighted by atomic mass is 32.2. The molecular formula is C27H29N5O3S2. The number of anilines is 1. The Morgan fingerprint density at radius 1 is 1.14 bits per heavy atom. The molecule has 1 N–H and O–H groups in total. The van der Waals surface area contributed by atoms with Gasteiger partial charge >= 0.3 is 0 Å². The maximum atomic E-state index is 13.5. The van der Waals surface area contributed by atoms with E-state index in [2.05, 4.69) is 10.2 Å². The van der Waals surface area contributed by atoms with Crippen molar-refractivity contribution in [3.8, 4) is 0 Å². The van der Waals surface area contributed by atoms with Gasteiger partial charge in [0.25, 0.3) is 11.5 Å². The summed E-state index contributed by atoms with van der Waals surface area (Å²) in [6, 6.07) is 15.0. The summed E-state index contributed by atoms with van der Waals surface area (Å²) in [5.41, 5.74) is 1.66. The average Bonchev–Trinajstić information content (AvgIpc) is 3.21. The summed E-state index contributed by atoms with van der Waals surface area (Å²) in [5.74, 6) is 0.265. The molecule has 10 heteroatoms. The first-order valence-corrected chi connectivity index (χ1v) is 13.6. The zero-order valence-corrected chi connectivity index (χ0v) is 22.3. The molecule has 0 unspecified atom stereocenters. The molecule has 2 fully saturated rings. The number of hydrogen-bond donors (Lipinski definition) is 1. The third-order valence-corrected chi connectivity index (χ3v) is 7.91. The first-order chi connectivity index (χ1) is 18.0. The number of aromatic nitrogens is 2. The van der Waals surface area contributed by atoms with Crippen LogP contribution in [0.2, 0.25) is 0 Å². The van der Waals surface area contributed by atoms with Crippen LogP contribution in [0.3, 0.4) is 0 Å². The number of ether oxygens (including phenoxy) is 1. The maximum Gasteiger partial charge on any atom is 0.267 e. The van der Waals surface area contributed by atoms with E-state index in [0.29, 0.717) is 32.8 Å². The molecule has 2 saturated heterocycles. The lowest BCUT2D eigenvalue weighted by atomic mass is 10.1. The van der Waals surface area contributed by atoms with Crippen LogP contribution in [0.25, 0.3) is 11.7 Å². The Labute approximate surface area is 225 Å². The van der Waals surface area contributed by atoms with Crippen molar-refractivity contribution in [1.29, 1.82) is 0 Å². The Hall–Kier alpha value is -3.05. The molecule has 3 aromatic rings. The maximum absolute atomic E-state index is 13.5. The van der Waals surface area contributed by atoms with E-state index in [0.717, 1.165) is 44.8 Å². The van der Waals surface area contributed by atoms with Crippen molar-refractivity contribution in [3.63, 3.8) is 0 Å². The fourth-order valence-corrected chi connectivity index (χ4v) is 5.93. The number of rotatable bonds is 8. The van der Waals surface area contributed by atoms with E-state index >= 15 is 0 Å². The van der Waals surface area contributed by atoms with E-state index in [9.17, 15) is 9.59 Å². The van der Waals surface area contributed by atoms with Crippen molar-refractivity contribution < 1.29 is 9.53 Å². The fraction of sp³-hybridized carbons (Fsp3) is 0.333. The van der Waals surface area contributed by atoms with Gasteiger partial charge < -0.3 is 10.1 Å². The van der Waals surface area contributed by atoms with E-state index < -0.39 is 0 Å². The molecule has 1 aromatic carbocycles. The highest BCUT2D eigenvalue weighted by molar-refractivity contribution is 8.26. The summed E-state index contributed by atoms with van der Waals surface area (Å²) in [6.45, 7) is 6.95. The van der Waals surface area contributed by atoms with Gasteiger partial charge in [0.05, 0.1) is 29.7 Å². The van der Waals surface area contributed by atoms with Gasteiger partial charge in [-0.1, -0.05) is 60.4 Å². The Kier molecular flexibility index (Phi) is 7.99. The first-order valence-electron chi connectivity index (χ1n) is 12.4. The van der Waals surface area contributed by atoms with Crippen molar-refractivity contribution in [1.82, 2.24) is 19.2 Å². The van der Waals surface area contributed by atoms with Crippen LogP contribution >= 0.6 is 24.0 Å². The lowest BCUT2D eigenvalue weighted by Crippen LogP contribution is -2.37. The number of amides is 1. The van der Waals surface area contributed by atoms with Gasteiger partial charge in [0, 0.05) is 25.8 Å². The summed E-state index contributed by atoms with van der Waals surface area (Å²) < 4.78 is 7.39. The quantitative estimate of drug-likeness (QED) is 0.265. The molecular weight excluding hydrogens is 506 g/mol. The Bertz CT molecular complexity index is 1390. The molecule has 2 aliphatic heterocycles. The Morgan fingerprint density at radius 2 is 1.89 bits per heavy atom. The fourth-order valence-electron chi connectivity index (χ4n) is 4.53. The summed E-state index contributed by atoms with van der Waals surface area (Å²) in [5, 5.41) is 3.35. The predicted octanol–water partition coefficient (Wildman–Crippen LogP) is 3.79. The molecule has 37 heavy (non-hydrogen) atoms. The highest BCUT2D eigenvalue weighted by Crippen LogP contribution is 2.38. The minimum absolute atomic E-state index is 0.206. The number of benzene rings is 1. The zero-order chi connectivity index (χ0) is 25.8. The predicted molar refractivity (Wildman–Crippen MR) is 152 cm³/mol. The Morgan fingerprint density at radius 3 is 2.68 bits per heavy atom. The van der Waals surface area contributed by atoms with Gasteiger partial charge in [0.1, 0.15) is 15.8 Å². The minimum atomic E-state index is -0.234. The molecule has 0 saturated carbocycles. The monoisotopic (exact) mass is 535 g/mol. The second kappa shape index (κ2) is 11.6. The molecule has 2 aromatic heterocycles. The lowest BCUT2D eigenvalue weighted by Gasteiger charge is -2.26. The van der Waals surface area contributed by atoms with E-state index in [1.165, 1.54) is 16.2 Å². The average molecular weight is 536 g/mol. The number of nitrogens with one attached hydrogen (secondary N) is 1. The van der Waals surface area contributed by atoms with Gasteiger partial charge in [0.2, 0.25) is 0 Å². The second-order valence-corrected chi connectivity index (χ2v) is 10.7. The van der Waals surface area contributed by atoms with Crippen molar-refractivity contribution in [2.45, 2.75) is 19.4 Å². The molecule has 2 aliphatic rings. The number of carbonyl (C=O) groups excluding carboxylic acids is 1. The van der Waals surface area contributed by atoms with Gasteiger partial charge in [-0.05, 0) is 43.7 Å². The van der Waals surface area contributed by atoms with E-state index in [-0.39, 0.29) is 17.5 Å². The van der Waals surface area contributed by atoms with Crippen LogP contribution in [0.5, 0.6) is 0 Å². The van der Waals surface area contributed by atoms with Gasteiger partial charge in [-0.2, -0.15) is 0 Å². The standard InChI is InChI=1S/C27H29N5O3S2/c1-19(20-8-3-2-4-9-20)32-26(34)22(37-27(32)36)18-21-24(28-11-7-12-30-14-16-35-17-15-30)29-23-10-5-6-13-31(23)25(21)33/h2-6,8-10,13,18-19,28H,7,11-12,14-17H2,1H3/b22-18-/t19-/m0/s1. The molecule has 0 radical (unpaired) electrons. The summed E-state index contributed by atoms with van der Waals surface area (Å²) in [6.07, 6.45) is 4.22. The smallest absolute Gasteiger partial charge is 0.267 e. The largest absolute Gasteiger partial charge is 0.379 e. The number of hydrogen-bond acceptors (Lipinski definition) is 8. The molecule has 0 aliphatic carbocycles. The number of morpholine rings is 1. The van der Waals surface area contributed by atoms with Crippen LogP contribution < -0.4 is 10.9 Å². The summed E-state index contributed by atoms with van der Waals surface area (Å²) in [4.78, 5) is 36.0. The SMILES string of the molecule is C[C@@H](c1ccccc1)N1C(=O)/C(=C/c2c(NCCCN3CCOCC3)nc3ccccn3c2=O)SC1=S. The molecule has 5 rings (SSSR count). The van der Waals surface area contributed by atoms with E-state index in [4.69, 9.17) is 21.9 Å². The molecule has 4 heterocycles. The molecule has 192 valence electrons. The van der Waals surface area contributed by atoms with Gasteiger partial charge in [0.15, 0.2) is 0 Å². The second-order valence-electron chi connectivity index (χ2n) is 8.98. The van der Waals surface area contributed by atoms with Crippen molar-refractivity contribution in [2.75, 3.05) is 44.7 Å². The number of fused-ring (bicyclic) bond motifs is 1. The van der Waals surface area contributed by atoms with Crippen molar-refractivity contribution >= 4 is 51.7 Å². The number of pyridine rings is 1. The first kappa shape index (κ1) is 25.6. The summed E-state index contributed by atoms with van der Waals surface area (Å²) >= 11 is 6.79. The third kappa shape index (κ3) is 5.62. The van der Waals surface area contributed by atoms with Crippen LogP contribution in [0.1, 0.15) is 30.5 Å². The molecule has 1 amide bonds. The highest BCUT2D eigenvalue weighted by Gasteiger charge is 2.36. The normalized spacial score (nSPS) is 18.6. The Balaban J connectivity index is 1.41. The zero-order valence-electron chi connectivity index (χ0n) is 20.6. The van der Waals surface area contributed by atoms with Gasteiger partial charge in [-0.25, -0.2) is 4.98 Å². The number of carbonyl (C=O) groups is 1. The topological polar surface area (TPSA) is 79.2 Å². The molecule has 0 spiro atoms. The van der Waals surface area contributed by atoms with Crippen LogP contribution in [0.15, 0.2) is 64.4 Å². The van der Waals surface area contributed by atoms with Crippen molar-refractivity contribution in [3.05, 3.63) is 81.1 Å².